The van der Waals surface area contributed by atoms with Gasteiger partial charge >= 0.3 is 11.8 Å². The summed E-state index contributed by atoms with van der Waals surface area (Å²) in [6.45, 7) is 2.45. The molecule has 2 aliphatic rings. The fraction of sp³-hybridized carbons (Fsp3) is 0.667. The maximum atomic E-state index is 12.3. The number of hydrogen-bond acceptors (Lipinski definition) is 6. The Morgan fingerprint density at radius 2 is 2.17 bits per heavy atom. The first-order chi connectivity index (χ1) is 11.0. The molecule has 0 N–H and O–H groups in total. The van der Waals surface area contributed by atoms with E-state index in [0.29, 0.717) is 24.8 Å². The smallest absolute Gasteiger partial charge is 0.311 e. The lowest BCUT2D eigenvalue weighted by Gasteiger charge is -2.23. The van der Waals surface area contributed by atoms with E-state index < -0.39 is 11.9 Å². The fourth-order valence-electron chi connectivity index (χ4n) is 2.79. The van der Waals surface area contributed by atoms with Crippen molar-refractivity contribution in [3.63, 3.8) is 0 Å². The largest absolute Gasteiger partial charge is 0.417 e. The van der Waals surface area contributed by atoms with Gasteiger partial charge in [0, 0.05) is 19.5 Å². The van der Waals surface area contributed by atoms with Crippen LogP contribution >= 0.6 is 0 Å². The zero-order chi connectivity index (χ0) is 16.6. The molecular formula is C15H19N5O3. The summed E-state index contributed by atoms with van der Waals surface area (Å²) in [5.74, 6) is 0.261. The summed E-state index contributed by atoms with van der Waals surface area (Å²) in [4.78, 5) is 27.4. The van der Waals surface area contributed by atoms with E-state index in [1.54, 1.807) is 0 Å². The molecule has 1 saturated heterocycles. The SMILES string of the molecule is CC1CC(C#N)N(C(=O)CN(C)C(=O)c2nnc(C3CC3)o2)C1. The highest BCUT2D eigenvalue weighted by atomic mass is 16.4. The summed E-state index contributed by atoms with van der Waals surface area (Å²) in [6, 6.07) is 1.73. The summed E-state index contributed by atoms with van der Waals surface area (Å²) in [5, 5.41) is 16.8. The monoisotopic (exact) mass is 317 g/mol. The molecule has 0 aromatic carbocycles. The summed E-state index contributed by atoms with van der Waals surface area (Å²) in [5.41, 5.74) is 0. The van der Waals surface area contributed by atoms with E-state index in [1.165, 1.54) is 16.8 Å². The third-order valence-electron chi connectivity index (χ3n) is 4.25. The van der Waals surface area contributed by atoms with Crippen molar-refractivity contribution in [3.05, 3.63) is 11.8 Å². The first-order valence-corrected chi connectivity index (χ1v) is 7.77. The van der Waals surface area contributed by atoms with Crippen LogP contribution in [0.25, 0.3) is 0 Å². The molecular weight excluding hydrogens is 298 g/mol. The molecule has 8 heteroatoms. The molecule has 1 saturated carbocycles. The van der Waals surface area contributed by atoms with Gasteiger partial charge in [0.1, 0.15) is 6.04 Å². The molecule has 1 aliphatic carbocycles. The summed E-state index contributed by atoms with van der Waals surface area (Å²) >= 11 is 0. The molecule has 122 valence electrons. The Labute approximate surface area is 134 Å². The van der Waals surface area contributed by atoms with E-state index in [4.69, 9.17) is 9.68 Å². The van der Waals surface area contributed by atoms with Crippen LogP contribution in [0.15, 0.2) is 4.42 Å². The lowest BCUT2D eigenvalue weighted by molar-refractivity contribution is -0.131. The van der Waals surface area contributed by atoms with Gasteiger partial charge in [0.15, 0.2) is 0 Å². The first-order valence-electron chi connectivity index (χ1n) is 7.77. The molecule has 2 amide bonds. The number of aromatic nitrogens is 2. The molecule has 0 spiro atoms. The van der Waals surface area contributed by atoms with Crippen molar-refractivity contribution < 1.29 is 14.0 Å². The van der Waals surface area contributed by atoms with Crippen LogP contribution in [0, 0.1) is 17.2 Å². The van der Waals surface area contributed by atoms with Gasteiger partial charge in [-0.2, -0.15) is 5.26 Å². The number of nitriles is 1. The Morgan fingerprint density at radius 3 is 2.83 bits per heavy atom. The zero-order valence-corrected chi connectivity index (χ0v) is 13.2. The molecule has 2 heterocycles. The highest BCUT2D eigenvalue weighted by molar-refractivity contribution is 5.92. The molecule has 0 radical (unpaired) electrons. The second-order valence-corrected chi connectivity index (χ2v) is 6.41. The molecule has 3 rings (SSSR count). The summed E-state index contributed by atoms with van der Waals surface area (Å²) < 4.78 is 5.37. The predicted molar refractivity (Wildman–Crippen MR) is 78.1 cm³/mol. The number of nitrogens with zero attached hydrogens (tertiary/aromatic N) is 5. The van der Waals surface area contributed by atoms with E-state index in [9.17, 15) is 9.59 Å². The van der Waals surface area contributed by atoms with Crippen LogP contribution in [0.2, 0.25) is 0 Å². The molecule has 1 aliphatic heterocycles. The number of carbonyl (C=O) groups excluding carboxylic acids is 2. The van der Waals surface area contributed by atoms with Gasteiger partial charge in [-0.1, -0.05) is 6.92 Å². The second-order valence-electron chi connectivity index (χ2n) is 6.41. The summed E-state index contributed by atoms with van der Waals surface area (Å²) in [7, 11) is 1.52. The van der Waals surface area contributed by atoms with Crippen LogP contribution in [0.1, 0.15) is 48.7 Å². The van der Waals surface area contributed by atoms with Crippen LogP contribution in [0.5, 0.6) is 0 Å². The van der Waals surface area contributed by atoms with Crippen molar-refractivity contribution in [3.8, 4) is 6.07 Å². The molecule has 23 heavy (non-hydrogen) atoms. The molecule has 0 bridgehead atoms. The van der Waals surface area contributed by atoms with Crippen LogP contribution in [0.3, 0.4) is 0 Å². The van der Waals surface area contributed by atoms with Crippen molar-refractivity contribution in [2.45, 2.75) is 38.1 Å². The molecule has 8 nitrogen and oxygen atoms in total. The average molecular weight is 317 g/mol. The van der Waals surface area contributed by atoms with Crippen LogP contribution < -0.4 is 0 Å². The van der Waals surface area contributed by atoms with Gasteiger partial charge < -0.3 is 14.2 Å². The number of amides is 2. The molecule has 2 atom stereocenters. The number of carbonyl (C=O) groups is 2. The minimum absolute atomic E-state index is 0.0891. The van der Waals surface area contributed by atoms with Crippen molar-refractivity contribution in [1.29, 1.82) is 5.26 Å². The number of likely N-dealkylation sites (tertiary alicyclic amines) is 1. The number of likely N-dealkylation sites (N-methyl/N-ethyl adjacent to an activating group) is 1. The van der Waals surface area contributed by atoms with E-state index in [1.807, 2.05) is 6.92 Å². The summed E-state index contributed by atoms with van der Waals surface area (Å²) in [6.07, 6.45) is 2.69. The number of rotatable bonds is 4. The Hall–Kier alpha value is -2.43. The predicted octanol–water partition coefficient (Wildman–Crippen LogP) is 0.780. The van der Waals surface area contributed by atoms with E-state index in [2.05, 4.69) is 16.3 Å². The molecule has 1 aromatic rings. The first kappa shape index (κ1) is 15.5. The van der Waals surface area contributed by atoms with Gasteiger partial charge in [0.2, 0.25) is 11.8 Å². The third kappa shape index (κ3) is 3.18. The van der Waals surface area contributed by atoms with Crippen LogP contribution in [-0.4, -0.2) is 58.0 Å². The second kappa shape index (κ2) is 5.99. The minimum atomic E-state index is -0.474. The quantitative estimate of drug-likeness (QED) is 0.813. The number of hydrogen-bond donors (Lipinski definition) is 0. The van der Waals surface area contributed by atoms with Crippen molar-refractivity contribution in [2.24, 2.45) is 5.92 Å². The average Bonchev–Trinajstić information content (AvgIpc) is 3.13. The van der Waals surface area contributed by atoms with Crippen molar-refractivity contribution in [1.82, 2.24) is 20.0 Å². The Morgan fingerprint density at radius 1 is 1.43 bits per heavy atom. The minimum Gasteiger partial charge on any atom is -0.417 e. The highest BCUT2D eigenvalue weighted by Crippen LogP contribution is 2.39. The molecule has 2 unspecified atom stereocenters. The maximum Gasteiger partial charge on any atom is 0.311 e. The van der Waals surface area contributed by atoms with Crippen molar-refractivity contribution in [2.75, 3.05) is 20.1 Å². The topological polar surface area (TPSA) is 103 Å². The Balaban J connectivity index is 1.61. The van der Waals surface area contributed by atoms with E-state index in [-0.39, 0.29) is 24.3 Å². The van der Waals surface area contributed by atoms with Crippen LogP contribution in [-0.2, 0) is 4.79 Å². The highest BCUT2D eigenvalue weighted by Gasteiger charge is 2.35. The van der Waals surface area contributed by atoms with Gasteiger partial charge in [0.05, 0.1) is 12.6 Å². The van der Waals surface area contributed by atoms with Gasteiger partial charge in [0.25, 0.3) is 0 Å². The standard InChI is InChI=1S/C15H19N5O3/c1-9-5-11(6-16)20(7-9)12(21)8-19(2)15(22)14-18-17-13(23-14)10-3-4-10/h9-11H,3-5,7-8H2,1-2H3. The van der Waals surface area contributed by atoms with Gasteiger partial charge in [-0.3, -0.25) is 9.59 Å². The van der Waals surface area contributed by atoms with E-state index in [0.717, 1.165) is 12.8 Å². The van der Waals surface area contributed by atoms with Gasteiger partial charge in [-0.25, -0.2) is 0 Å². The molecule has 2 fully saturated rings. The maximum absolute atomic E-state index is 12.3. The zero-order valence-electron chi connectivity index (χ0n) is 13.2. The van der Waals surface area contributed by atoms with Crippen molar-refractivity contribution >= 4 is 11.8 Å². The Bertz CT molecular complexity index is 660. The van der Waals surface area contributed by atoms with Gasteiger partial charge in [-0.15, -0.1) is 10.2 Å². The van der Waals surface area contributed by atoms with E-state index >= 15 is 0 Å². The normalized spacial score (nSPS) is 23.6. The Kier molecular flexibility index (Phi) is 4.03. The fourth-order valence-corrected chi connectivity index (χ4v) is 2.79. The van der Waals surface area contributed by atoms with Gasteiger partial charge in [-0.05, 0) is 25.2 Å². The lowest BCUT2D eigenvalue weighted by atomic mass is 10.1. The lowest BCUT2D eigenvalue weighted by Crippen LogP contribution is -2.43. The molecule has 1 aromatic heterocycles. The third-order valence-corrected chi connectivity index (χ3v) is 4.25. The van der Waals surface area contributed by atoms with Crippen LogP contribution in [0.4, 0.5) is 0 Å².